The molecule has 0 N–H and O–H groups in total. The average Bonchev–Trinajstić information content (AvgIpc) is 3.38. The molecule has 2 saturated heterocycles. The highest BCUT2D eigenvalue weighted by Crippen LogP contribution is 2.36. The van der Waals surface area contributed by atoms with Gasteiger partial charge in [-0.1, -0.05) is 48.0 Å². The zero-order valence-corrected chi connectivity index (χ0v) is 17.9. The maximum Gasteiger partial charge on any atom is 0.255 e. The Bertz CT molecular complexity index is 971. The van der Waals surface area contributed by atoms with Crippen molar-refractivity contribution in [3.63, 3.8) is 0 Å². The van der Waals surface area contributed by atoms with Crippen LogP contribution in [-0.4, -0.2) is 53.7 Å². The van der Waals surface area contributed by atoms with Gasteiger partial charge in [-0.2, -0.15) is 0 Å². The van der Waals surface area contributed by atoms with Gasteiger partial charge in [-0.05, 0) is 24.1 Å². The number of amides is 2. The first kappa shape index (κ1) is 20.2. The van der Waals surface area contributed by atoms with E-state index in [1.165, 1.54) is 0 Å². The van der Waals surface area contributed by atoms with Gasteiger partial charge < -0.3 is 19.3 Å². The predicted molar refractivity (Wildman–Crippen MR) is 115 cm³/mol. The number of benzene rings is 2. The molecule has 2 fully saturated rings. The van der Waals surface area contributed by atoms with Crippen molar-refractivity contribution in [2.24, 2.45) is 0 Å². The quantitative estimate of drug-likeness (QED) is 0.760. The van der Waals surface area contributed by atoms with E-state index in [0.717, 1.165) is 22.3 Å². The van der Waals surface area contributed by atoms with Gasteiger partial charge in [0.15, 0.2) is 5.79 Å². The van der Waals surface area contributed by atoms with E-state index in [1.807, 2.05) is 65.3 Å². The summed E-state index contributed by atoms with van der Waals surface area (Å²) < 4.78 is 11.6. The minimum absolute atomic E-state index is 0.000622. The first-order valence-corrected chi connectivity index (χ1v) is 11.1. The number of likely N-dealkylation sites (tertiary alicyclic amines) is 1. The summed E-state index contributed by atoms with van der Waals surface area (Å²) in [7, 11) is 0. The Morgan fingerprint density at radius 2 is 1.71 bits per heavy atom. The summed E-state index contributed by atoms with van der Waals surface area (Å²) in [5.74, 6) is -0.429. The van der Waals surface area contributed by atoms with Crippen LogP contribution in [0.1, 0.15) is 52.4 Å². The van der Waals surface area contributed by atoms with Gasteiger partial charge in [-0.15, -0.1) is 0 Å². The van der Waals surface area contributed by atoms with Gasteiger partial charge >= 0.3 is 0 Å². The van der Waals surface area contributed by atoms with Crippen LogP contribution in [0.3, 0.4) is 0 Å². The summed E-state index contributed by atoms with van der Waals surface area (Å²) >= 11 is 0. The molecule has 6 heteroatoms. The first-order chi connectivity index (χ1) is 15.0. The van der Waals surface area contributed by atoms with Crippen LogP contribution in [0.4, 0.5) is 0 Å². The summed E-state index contributed by atoms with van der Waals surface area (Å²) in [6.45, 7) is 5.06. The normalized spacial score (nSPS) is 20.9. The molecular weight excluding hydrogens is 392 g/mol. The average molecular weight is 421 g/mol. The van der Waals surface area contributed by atoms with E-state index in [1.54, 1.807) is 0 Å². The van der Waals surface area contributed by atoms with Crippen molar-refractivity contribution in [1.29, 1.82) is 0 Å². The van der Waals surface area contributed by atoms with Gasteiger partial charge in [0.1, 0.15) is 0 Å². The predicted octanol–water partition coefficient (Wildman–Crippen LogP) is 3.45. The number of hydrogen-bond donors (Lipinski definition) is 0. The van der Waals surface area contributed by atoms with Crippen LogP contribution in [0, 0.1) is 6.92 Å². The lowest BCUT2D eigenvalue weighted by Gasteiger charge is -2.38. The fraction of sp³-hybridized carbons (Fsp3) is 0.440. The van der Waals surface area contributed by atoms with Crippen LogP contribution in [0.5, 0.6) is 0 Å². The molecule has 3 heterocycles. The summed E-state index contributed by atoms with van der Waals surface area (Å²) in [6, 6.07) is 15.6. The minimum Gasteiger partial charge on any atom is -0.347 e. The Kier molecular flexibility index (Phi) is 5.28. The molecule has 1 spiro atoms. The third kappa shape index (κ3) is 3.86. The SMILES string of the molecule is Cc1ccc(C(CC(=O)N2CCC3(CC2)OCCO3)N2Cc3ccccc3C2=O)cc1. The van der Waals surface area contributed by atoms with Crippen LogP contribution in [-0.2, 0) is 20.8 Å². The van der Waals surface area contributed by atoms with E-state index < -0.39 is 5.79 Å². The van der Waals surface area contributed by atoms with Gasteiger partial charge in [0, 0.05) is 38.0 Å². The molecule has 5 rings (SSSR count). The second-order valence-corrected chi connectivity index (χ2v) is 8.71. The fourth-order valence-electron chi connectivity index (χ4n) is 4.90. The highest BCUT2D eigenvalue weighted by Gasteiger charge is 2.42. The highest BCUT2D eigenvalue weighted by atomic mass is 16.7. The summed E-state index contributed by atoms with van der Waals surface area (Å²) in [5, 5.41) is 0. The van der Waals surface area contributed by atoms with E-state index in [2.05, 4.69) is 0 Å². The maximum absolute atomic E-state index is 13.3. The van der Waals surface area contributed by atoms with Crippen molar-refractivity contribution in [3.05, 3.63) is 70.8 Å². The standard InChI is InChI=1S/C25H28N2O4/c1-18-6-8-19(9-7-18)22(27-17-20-4-2-3-5-21(20)24(27)29)16-23(28)26-12-10-25(11-13-26)30-14-15-31-25/h2-9,22H,10-17H2,1H3. The Morgan fingerprint density at radius 3 is 2.39 bits per heavy atom. The highest BCUT2D eigenvalue weighted by molar-refractivity contribution is 5.98. The number of aryl methyl sites for hydroxylation is 1. The molecule has 0 bridgehead atoms. The fourth-order valence-corrected chi connectivity index (χ4v) is 4.90. The topological polar surface area (TPSA) is 59.1 Å². The third-order valence-corrected chi connectivity index (χ3v) is 6.75. The van der Waals surface area contributed by atoms with Crippen LogP contribution < -0.4 is 0 Å². The van der Waals surface area contributed by atoms with Crippen molar-refractivity contribution in [2.75, 3.05) is 26.3 Å². The van der Waals surface area contributed by atoms with Crippen LogP contribution in [0.25, 0.3) is 0 Å². The number of carbonyl (C=O) groups excluding carboxylic acids is 2. The zero-order valence-electron chi connectivity index (χ0n) is 17.9. The Morgan fingerprint density at radius 1 is 1.03 bits per heavy atom. The molecule has 162 valence electrons. The lowest BCUT2D eigenvalue weighted by molar-refractivity contribution is -0.187. The van der Waals surface area contributed by atoms with Gasteiger partial charge in [0.25, 0.3) is 5.91 Å². The molecule has 31 heavy (non-hydrogen) atoms. The maximum atomic E-state index is 13.3. The van der Waals surface area contributed by atoms with E-state index in [0.29, 0.717) is 45.7 Å². The van der Waals surface area contributed by atoms with E-state index in [9.17, 15) is 9.59 Å². The molecule has 0 radical (unpaired) electrons. The molecular formula is C25H28N2O4. The van der Waals surface area contributed by atoms with Crippen LogP contribution >= 0.6 is 0 Å². The van der Waals surface area contributed by atoms with Crippen molar-refractivity contribution < 1.29 is 19.1 Å². The zero-order chi connectivity index (χ0) is 21.4. The number of rotatable bonds is 4. The third-order valence-electron chi connectivity index (χ3n) is 6.75. The molecule has 1 unspecified atom stereocenters. The molecule has 1 atom stereocenters. The molecule has 0 aliphatic carbocycles. The van der Waals surface area contributed by atoms with Crippen molar-refractivity contribution in [3.8, 4) is 0 Å². The molecule has 2 aromatic carbocycles. The Hall–Kier alpha value is -2.70. The van der Waals surface area contributed by atoms with Crippen LogP contribution in [0.2, 0.25) is 0 Å². The first-order valence-electron chi connectivity index (χ1n) is 11.1. The number of ether oxygens (including phenoxy) is 2. The number of nitrogens with zero attached hydrogens (tertiary/aromatic N) is 2. The van der Waals surface area contributed by atoms with Crippen molar-refractivity contribution in [2.45, 2.75) is 44.6 Å². The summed E-state index contributed by atoms with van der Waals surface area (Å²) in [5.41, 5.74) is 3.91. The molecule has 0 aromatic heterocycles. The van der Waals surface area contributed by atoms with Crippen LogP contribution in [0.15, 0.2) is 48.5 Å². The van der Waals surface area contributed by atoms with E-state index in [-0.39, 0.29) is 24.3 Å². The van der Waals surface area contributed by atoms with Gasteiger partial charge in [0.05, 0.1) is 25.7 Å². The second kappa shape index (κ2) is 8.09. The minimum atomic E-state index is -0.500. The van der Waals surface area contributed by atoms with Crippen molar-refractivity contribution >= 4 is 11.8 Å². The molecule has 0 saturated carbocycles. The Balaban J connectivity index is 1.35. The lowest BCUT2D eigenvalue weighted by atomic mass is 9.98. The van der Waals surface area contributed by atoms with Gasteiger partial charge in [-0.25, -0.2) is 0 Å². The summed E-state index contributed by atoms with van der Waals surface area (Å²) in [6.07, 6.45) is 1.67. The van der Waals surface area contributed by atoms with E-state index >= 15 is 0 Å². The number of carbonyl (C=O) groups is 2. The molecule has 2 aromatic rings. The Labute approximate surface area is 182 Å². The van der Waals surface area contributed by atoms with Crippen molar-refractivity contribution in [1.82, 2.24) is 9.80 Å². The van der Waals surface area contributed by atoms with E-state index in [4.69, 9.17) is 9.47 Å². The number of piperidine rings is 1. The van der Waals surface area contributed by atoms with Gasteiger partial charge in [0.2, 0.25) is 5.91 Å². The molecule has 3 aliphatic rings. The number of fused-ring (bicyclic) bond motifs is 1. The molecule has 3 aliphatic heterocycles. The van der Waals surface area contributed by atoms with Gasteiger partial charge in [-0.3, -0.25) is 9.59 Å². The summed E-state index contributed by atoms with van der Waals surface area (Å²) in [4.78, 5) is 30.2. The molecule has 2 amide bonds. The monoisotopic (exact) mass is 420 g/mol. The smallest absolute Gasteiger partial charge is 0.255 e. The largest absolute Gasteiger partial charge is 0.347 e. The molecule has 6 nitrogen and oxygen atoms in total. The second-order valence-electron chi connectivity index (χ2n) is 8.71. The lowest BCUT2D eigenvalue weighted by Crippen LogP contribution is -2.48. The number of hydrogen-bond acceptors (Lipinski definition) is 4.